The molecular weight excluding hydrogens is 421 g/mol. The van der Waals surface area contributed by atoms with Gasteiger partial charge >= 0.3 is 0 Å². The second kappa shape index (κ2) is 7.67. The van der Waals surface area contributed by atoms with E-state index in [0.29, 0.717) is 43.2 Å². The van der Waals surface area contributed by atoms with Gasteiger partial charge in [0.2, 0.25) is 5.91 Å². The van der Waals surface area contributed by atoms with Crippen LogP contribution in [0.15, 0.2) is 48.5 Å². The molecule has 0 unspecified atom stereocenters. The Morgan fingerprint density at radius 2 is 1.87 bits per heavy atom. The zero-order valence-corrected chi connectivity index (χ0v) is 17.6. The van der Waals surface area contributed by atoms with Gasteiger partial charge in [-0.05, 0) is 35.7 Å². The topological polar surface area (TPSA) is 64.1 Å². The smallest absolute Gasteiger partial charge is 0.252 e. The molecule has 3 saturated heterocycles. The minimum Gasteiger partial charge on any atom is -0.392 e. The largest absolute Gasteiger partial charge is 0.392 e. The lowest BCUT2D eigenvalue weighted by Crippen LogP contribution is -2.81. The van der Waals surface area contributed by atoms with E-state index in [4.69, 9.17) is 11.6 Å². The fourth-order valence-electron chi connectivity index (χ4n) is 5.14. The highest BCUT2D eigenvalue weighted by Crippen LogP contribution is 2.41. The van der Waals surface area contributed by atoms with E-state index in [9.17, 15) is 19.1 Å². The number of aliphatic hydroxyl groups excluding tert-OH is 1. The molecule has 2 atom stereocenters. The molecular formula is C23H23ClFN3O3. The first-order chi connectivity index (χ1) is 14.9. The van der Waals surface area contributed by atoms with E-state index < -0.39 is 17.7 Å². The number of fused-ring (bicyclic) bond motifs is 2. The first-order valence-corrected chi connectivity index (χ1v) is 10.8. The van der Waals surface area contributed by atoms with Gasteiger partial charge in [-0.1, -0.05) is 41.9 Å². The molecule has 162 valence electrons. The maximum atomic E-state index is 13.6. The van der Waals surface area contributed by atoms with Gasteiger partial charge in [-0.2, -0.15) is 0 Å². The number of benzene rings is 2. The predicted octanol–water partition coefficient (Wildman–Crippen LogP) is 2.04. The number of imide groups is 1. The van der Waals surface area contributed by atoms with Crippen LogP contribution in [0.5, 0.6) is 0 Å². The molecule has 1 N–H and O–H groups in total. The fraction of sp³-hybridized carbons (Fsp3) is 0.391. The molecule has 6 nitrogen and oxygen atoms in total. The highest BCUT2D eigenvalue weighted by atomic mass is 35.5. The maximum Gasteiger partial charge on any atom is 0.252 e. The second-order valence-electron chi connectivity index (χ2n) is 8.69. The van der Waals surface area contributed by atoms with E-state index in [0.717, 1.165) is 5.56 Å². The summed E-state index contributed by atoms with van der Waals surface area (Å²) in [5.74, 6) is -0.824. The number of aliphatic hydroxyl groups is 1. The Hall–Kier alpha value is -2.32. The second-order valence-corrected chi connectivity index (χ2v) is 9.09. The SMILES string of the molecule is O=C1[C@@H]2C[C@@H](O)CN2C2(CN(Cc3cccc(F)c3)C2)C(=O)N1Cc1ccccc1Cl. The average molecular weight is 444 g/mol. The number of β-amino-alcohol motifs (C(OH)–C–C–N with tert-alkyl or cyclic N) is 1. The quantitative estimate of drug-likeness (QED) is 0.733. The highest BCUT2D eigenvalue weighted by Gasteiger charge is 2.64. The van der Waals surface area contributed by atoms with Crippen LogP contribution in [0.3, 0.4) is 0 Å². The van der Waals surface area contributed by atoms with Crippen molar-refractivity contribution in [3.8, 4) is 0 Å². The Balaban J connectivity index is 1.40. The lowest BCUT2D eigenvalue weighted by molar-refractivity contribution is -0.181. The zero-order valence-electron chi connectivity index (χ0n) is 16.9. The molecule has 1 spiro atoms. The Morgan fingerprint density at radius 3 is 2.61 bits per heavy atom. The third-order valence-electron chi connectivity index (χ3n) is 6.57. The summed E-state index contributed by atoms with van der Waals surface area (Å²) in [5, 5.41) is 10.8. The summed E-state index contributed by atoms with van der Waals surface area (Å²) in [4.78, 5) is 32.0. The van der Waals surface area contributed by atoms with Crippen molar-refractivity contribution in [3.05, 3.63) is 70.5 Å². The van der Waals surface area contributed by atoms with Gasteiger partial charge in [0.05, 0.1) is 18.7 Å². The van der Waals surface area contributed by atoms with Crippen molar-refractivity contribution in [1.82, 2.24) is 14.7 Å². The lowest BCUT2D eigenvalue weighted by Gasteiger charge is -2.58. The van der Waals surface area contributed by atoms with Gasteiger partial charge in [0, 0.05) is 31.2 Å². The minimum atomic E-state index is -0.857. The molecule has 3 aliphatic heterocycles. The summed E-state index contributed by atoms with van der Waals surface area (Å²) in [6.07, 6.45) is -0.326. The summed E-state index contributed by atoms with van der Waals surface area (Å²) < 4.78 is 13.5. The maximum absolute atomic E-state index is 13.6. The van der Waals surface area contributed by atoms with Crippen LogP contribution in [-0.4, -0.2) is 68.9 Å². The molecule has 2 aromatic carbocycles. The van der Waals surface area contributed by atoms with Crippen LogP contribution in [0, 0.1) is 5.82 Å². The van der Waals surface area contributed by atoms with Crippen molar-refractivity contribution in [2.75, 3.05) is 19.6 Å². The molecule has 3 heterocycles. The molecule has 5 rings (SSSR count). The van der Waals surface area contributed by atoms with Crippen LogP contribution < -0.4 is 0 Å². The zero-order chi connectivity index (χ0) is 21.8. The molecule has 3 fully saturated rings. The van der Waals surface area contributed by atoms with Crippen molar-refractivity contribution in [2.45, 2.75) is 37.2 Å². The molecule has 3 aliphatic rings. The number of halogens is 2. The highest BCUT2D eigenvalue weighted by molar-refractivity contribution is 6.31. The van der Waals surface area contributed by atoms with Gasteiger partial charge in [0.1, 0.15) is 11.4 Å². The van der Waals surface area contributed by atoms with Gasteiger partial charge in [-0.3, -0.25) is 24.3 Å². The molecule has 0 bridgehead atoms. The molecule has 31 heavy (non-hydrogen) atoms. The van der Waals surface area contributed by atoms with Crippen molar-refractivity contribution in [3.63, 3.8) is 0 Å². The number of piperazine rings is 1. The number of carbonyl (C=O) groups excluding carboxylic acids is 2. The van der Waals surface area contributed by atoms with E-state index in [-0.39, 0.29) is 24.2 Å². The summed E-state index contributed by atoms with van der Waals surface area (Å²) in [5.41, 5.74) is 0.689. The summed E-state index contributed by atoms with van der Waals surface area (Å²) >= 11 is 6.28. The number of rotatable bonds is 4. The summed E-state index contributed by atoms with van der Waals surface area (Å²) in [6.45, 7) is 1.79. The standard InChI is InChI=1S/C23H23ClFN3O3/c24-19-7-2-1-5-16(19)11-27-21(30)20-9-18(29)12-28(20)23(22(27)31)13-26(14-23)10-15-4-3-6-17(25)8-15/h1-8,18,20,29H,9-14H2/t18-,20+/m1/s1. The van der Waals surface area contributed by atoms with Gasteiger partial charge in [0.15, 0.2) is 0 Å². The average Bonchev–Trinajstić information content (AvgIpc) is 3.10. The third-order valence-corrected chi connectivity index (χ3v) is 6.94. The fourth-order valence-corrected chi connectivity index (χ4v) is 5.33. The van der Waals surface area contributed by atoms with Crippen molar-refractivity contribution in [2.24, 2.45) is 0 Å². The number of nitrogens with zero attached hydrogens (tertiary/aromatic N) is 3. The van der Waals surface area contributed by atoms with Gasteiger partial charge in [0.25, 0.3) is 5.91 Å². The molecule has 0 radical (unpaired) electrons. The number of carbonyl (C=O) groups is 2. The summed E-state index contributed by atoms with van der Waals surface area (Å²) in [6, 6.07) is 13.1. The van der Waals surface area contributed by atoms with Crippen molar-refractivity contribution < 1.29 is 19.1 Å². The third kappa shape index (κ3) is 3.46. The number of hydrogen-bond acceptors (Lipinski definition) is 5. The van der Waals surface area contributed by atoms with Crippen molar-refractivity contribution in [1.29, 1.82) is 0 Å². The first-order valence-electron chi connectivity index (χ1n) is 10.4. The molecule has 0 aliphatic carbocycles. The Labute approximate surface area is 184 Å². The van der Waals surface area contributed by atoms with E-state index in [1.165, 1.54) is 17.0 Å². The molecule has 0 saturated carbocycles. The van der Waals surface area contributed by atoms with Crippen LogP contribution in [0.25, 0.3) is 0 Å². The normalized spacial score (nSPS) is 25.7. The Kier molecular flexibility index (Phi) is 5.09. The predicted molar refractivity (Wildman–Crippen MR) is 113 cm³/mol. The first kappa shape index (κ1) is 20.6. The Morgan fingerprint density at radius 1 is 1.10 bits per heavy atom. The van der Waals surface area contributed by atoms with E-state index in [2.05, 4.69) is 4.90 Å². The van der Waals surface area contributed by atoms with Crippen molar-refractivity contribution >= 4 is 23.4 Å². The van der Waals surface area contributed by atoms with E-state index in [1.54, 1.807) is 18.2 Å². The van der Waals surface area contributed by atoms with Gasteiger partial charge in [-0.15, -0.1) is 0 Å². The molecule has 8 heteroatoms. The van der Waals surface area contributed by atoms with Crippen LogP contribution >= 0.6 is 11.6 Å². The molecule has 0 aromatic heterocycles. The Bertz CT molecular complexity index is 1040. The van der Waals surface area contributed by atoms with E-state index in [1.807, 2.05) is 23.1 Å². The van der Waals surface area contributed by atoms with Gasteiger partial charge < -0.3 is 5.11 Å². The lowest BCUT2D eigenvalue weighted by atomic mass is 9.82. The minimum absolute atomic E-state index is 0.115. The summed E-state index contributed by atoms with van der Waals surface area (Å²) in [7, 11) is 0. The molecule has 2 amide bonds. The van der Waals surface area contributed by atoms with Gasteiger partial charge in [-0.25, -0.2) is 4.39 Å². The number of likely N-dealkylation sites (tertiary alicyclic amines) is 1. The van der Waals surface area contributed by atoms with Crippen LogP contribution in [0.4, 0.5) is 4.39 Å². The number of hydrogen-bond donors (Lipinski definition) is 1. The number of amides is 2. The van der Waals surface area contributed by atoms with E-state index >= 15 is 0 Å². The molecule has 2 aromatic rings. The van der Waals surface area contributed by atoms with Crippen LogP contribution in [0.1, 0.15) is 17.5 Å². The van der Waals surface area contributed by atoms with Crippen LogP contribution in [-0.2, 0) is 22.7 Å². The van der Waals surface area contributed by atoms with Crippen LogP contribution in [0.2, 0.25) is 5.02 Å². The monoisotopic (exact) mass is 443 g/mol.